The van der Waals surface area contributed by atoms with E-state index in [1.165, 1.54) is 11.3 Å². The predicted octanol–water partition coefficient (Wildman–Crippen LogP) is 4.41. The molecule has 114 valence electrons. The second kappa shape index (κ2) is 6.24. The predicted molar refractivity (Wildman–Crippen MR) is 93.2 cm³/mol. The first-order valence-corrected chi connectivity index (χ1v) is 8.64. The summed E-state index contributed by atoms with van der Waals surface area (Å²) in [4.78, 5) is 9.96. The van der Waals surface area contributed by atoms with Gasteiger partial charge in [0.1, 0.15) is 5.75 Å². The fourth-order valence-corrected chi connectivity index (χ4v) is 4.07. The molecule has 0 amide bonds. The average Bonchev–Trinajstić information content (AvgIpc) is 3.05. The number of nitrogens with two attached hydrogens (primary N) is 1. The maximum atomic E-state index is 6.07. The third kappa shape index (κ3) is 3.09. The van der Waals surface area contributed by atoms with Crippen molar-refractivity contribution in [3.8, 4) is 16.3 Å². The van der Waals surface area contributed by atoms with Gasteiger partial charge in [0, 0.05) is 22.4 Å². The van der Waals surface area contributed by atoms with Crippen molar-refractivity contribution in [2.24, 2.45) is 0 Å². The number of aromatic nitrogens is 2. The number of nitrogens with zero attached hydrogens (tertiary/aromatic N) is 2. The molecule has 0 atom stereocenters. The number of nitrogen functional groups attached to an aromatic ring is 1. The molecule has 2 aromatic heterocycles. The minimum absolute atomic E-state index is 0.568. The molecule has 3 rings (SSSR count). The standard InChI is InChI=1S/C15H14ClN3OS2/c1-8-14(22-15(17)18-8)11-7-21-13(19-11)6-9-5-10(16)3-4-12(9)20-2/h3-5,7H,6H2,1-2H3,(H2,17,18). The van der Waals surface area contributed by atoms with Gasteiger partial charge in [-0.15, -0.1) is 11.3 Å². The van der Waals surface area contributed by atoms with Crippen molar-refractivity contribution in [3.05, 3.63) is 44.9 Å². The summed E-state index contributed by atoms with van der Waals surface area (Å²) in [5.74, 6) is 0.819. The zero-order valence-corrected chi connectivity index (χ0v) is 14.5. The molecular formula is C15H14ClN3OS2. The van der Waals surface area contributed by atoms with E-state index in [1.807, 2.05) is 30.5 Å². The summed E-state index contributed by atoms with van der Waals surface area (Å²) in [7, 11) is 1.66. The minimum atomic E-state index is 0.568. The van der Waals surface area contributed by atoms with Gasteiger partial charge in [-0.05, 0) is 25.1 Å². The first-order valence-electron chi connectivity index (χ1n) is 6.57. The van der Waals surface area contributed by atoms with Gasteiger partial charge >= 0.3 is 0 Å². The SMILES string of the molecule is COc1ccc(Cl)cc1Cc1nc(-c2sc(N)nc2C)cs1. The van der Waals surface area contributed by atoms with Crippen LogP contribution in [0.5, 0.6) is 5.75 Å². The van der Waals surface area contributed by atoms with E-state index < -0.39 is 0 Å². The Morgan fingerprint density at radius 3 is 2.82 bits per heavy atom. The highest BCUT2D eigenvalue weighted by Crippen LogP contribution is 2.33. The Balaban J connectivity index is 1.89. The zero-order valence-electron chi connectivity index (χ0n) is 12.1. The first-order chi connectivity index (χ1) is 10.6. The summed E-state index contributed by atoms with van der Waals surface area (Å²) in [5, 5.41) is 4.30. The van der Waals surface area contributed by atoms with Gasteiger partial charge in [0.15, 0.2) is 5.13 Å². The van der Waals surface area contributed by atoms with Crippen LogP contribution in [0.2, 0.25) is 5.02 Å². The van der Waals surface area contributed by atoms with Gasteiger partial charge in [0.05, 0.1) is 28.4 Å². The van der Waals surface area contributed by atoms with Gasteiger partial charge in [0.2, 0.25) is 0 Å². The maximum Gasteiger partial charge on any atom is 0.180 e. The summed E-state index contributed by atoms with van der Waals surface area (Å²) in [6.07, 6.45) is 0.682. The second-order valence-electron chi connectivity index (χ2n) is 4.73. The van der Waals surface area contributed by atoms with Gasteiger partial charge in [-0.3, -0.25) is 0 Å². The minimum Gasteiger partial charge on any atom is -0.496 e. The van der Waals surface area contributed by atoms with E-state index in [0.717, 1.165) is 32.6 Å². The zero-order chi connectivity index (χ0) is 15.7. The van der Waals surface area contributed by atoms with Crippen molar-refractivity contribution in [2.45, 2.75) is 13.3 Å². The quantitative estimate of drug-likeness (QED) is 0.756. The van der Waals surface area contributed by atoms with Gasteiger partial charge < -0.3 is 10.5 Å². The molecule has 1 aromatic carbocycles. The van der Waals surface area contributed by atoms with Crippen molar-refractivity contribution in [1.29, 1.82) is 0 Å². The van der Waals surface area contributed by atoms with Crippen LogP contribution in [0, 0.1) is 6.92 Å². The molecule has 7 heteroatoms. The third-order valence-electron chi connectivity index (χ3n) is 3.18. The number of rotatable bonds is 4. The molecule has 2 N–H and O–H groups in total. The first kappa shape index (κ1) is 15.3. The van der Waals surface area contributed by atoms with Crippen LogP contribution in [-0.2, 0) is 6.42 Å². The number of thiazole rings is 2. The van der Waals surface area contributed by atoms with Crippen LogP contribution in [0.1, 0.15) is 16.3 Å². The van der Waals surface area contributed by atoms with E-state index in [2.05, 4.69) is 9.97 Å². The van der Waals surface area contributed by atoms with Crippen LogP contribution in [0.25, 0.3) is 10.6 Å². The molecule has 22 heavy (non-hydrogen) atoms. The van der Waals surface area contributed by atoms with Gasteiger partial charge in [0.25, 0.3) is 0 Å². The highest BCUT2D eigenvalue weighted by molar-refractivity contribution is 7.19. The molecule has 0 aliphatic carbocycles. The topological polar surface area (TPSA) is 61.0 Å². The van der Waals surface area contributed by atoms with Gasteiger partial charge in [-0.2, -0.15) is 0 Å². The number of ether oxygens (including phenoxy) is 1. The number of methoxy groups -OCH3 is 1. The lowest BCUT2D eigenvalue weighted by Gasteiger charge is -2.07. The van der Waals surface area contributed by atoms with E-state index in [4.69, 9.17) is 22.1 Å². The van der Waals surface area contributed by atoms with Crippen molar-refractivity contribution in [2.75, 3.05) is 12.8 Å². The molecule has 0 spiro atoms. The van der Waals surface area contributed by atoms with E-state index in [1.54, 1.807) is 18.4 Å². The van der Waals surface area contributed by atoms with Crippen LogP contribution in [0.15, 0.2) is 23.6 Å². The van der Waals surface area contributed by atoms with Gasteiger partial charge in [-0.25, -0.2) is 9.97 Å². The number of hydrogen-bond acceptors (Lipinski definition) is 6. The highest BCUT2D eigenvalue weighted by Gasteiger charge is 2.13. The molecular weight excluding hydrogens is 338 g/mol. The molecule has 4 nitrogen and oxygen atoms in total. The Morgan fingerprint density at radius 1 is 1.32 bits per heavy atom. The largest absolute Gasteiger partial charge is 0.496 e. The normalized spacial score (nSPS) is 10.9. The van der Waals surface area contributed by atoms with Crippen LogP contribution in [0.3, 0.4) is 0 Å². The number of benzene rings is 1. The summed E-state index contributed by atoms with van der Waals surface area (Å²) in [6.45, 7) is 1.95. The molecule has 0 saturated carbocycles. The molecule has 0 radical (unpaired) electrons. The summed E-state index contributed by atoms with van der Waals surface area (Å²) in [5.41, 5.74) is 8.62. The Kier molecular flexibility index (Phi) is 4.33. The Bertz CT molecular complexity index is 813. The van der Waals surface area contributed by atoms with Crippen LogP contribution in [-0.4, -0.2) is 17.1 Å². The summed E-state index contributed by atoms with van der Waals surface area (Å²) in [6, 6.07) is 5.61. The Hall–Kier alpha value is -1.63. The fraction of sp³-hybridized carbons (Fsp3) is 0.200. The highest BCUT2D eigenvalue weighted by atomic mass is 35.5. The number of halogens is 1. The van der Waals surface area contributed by atoms with E-state index in [0.29, 0.717) is 16.6 Å². The lowest BCUT2D eigenvalue weighted by molar-refractivity contribution is 0.410. The smallest absolute Gasteiger partial charge is 0.180 e. The van der Waals surface area contributed by atoms with E-state index in [-0.39, 0.29) is 0 Å². The number of anilines is 1. The number of hydrogen-bond donors (Lipinski definition) is 1. The van der Waals surface area contributed by atoms with Crippen molar-refractivity contribution < 1.29 is 4.74 Å². The molecule has 0 bridgehead atoms. The molecule has 2 heterocycles. The van der Waals surface area contributed by atoms with E-state index >= 15 is 0 Å². The molecule has 0 aliphatic rings. The van der Waals surface area contributed by atoms with Crippen LogP contribution >= 0.6 is 34.3 Å². The maximum absolute atomic E-state index is 6.07. The van der Waals surface area contributed by atoms with Crippen molar-refractivity contribution in [1.82, 2.24) is 9.97 Å². The second-order valence-corrected chi connectivity index (χ2v) is 7.14. The molecule has 0 aliphatic heterocycles. The van der Waals surface area contributed by atoms with Crippen LogP contribution in [0.4, 0.5) is 5.13 Å². The van der Waals surface area contributed by atoms with E-state index in [9.17, 15) is 0 Å². The fourth-order valence-electron chi connectivity index (χ4n) is 2.20. The van der Waals surface area contributed by atoms with Crippen molar-refractivity contribution >= 4 is 39.4 Å². The lowest BCUT2D eigenvalue weighted by Crippen LogP contribution is -1.93. The molecule has 0 fully saturated rings. The average molecular weight is 352 g/mol. The lowest BCUT2D eigenvalue weighted by atomic mass is 10.1. The van der Waals surface area contributed by atoms with Gasteiger partial charge in [-0.1, -0.05) is 22.9 Å². The van der Waals surface area contributed by atoms with Crippen molar-refractivity contribution in [3.63, 3.8) is 0 Å². The Morgan fingerprint density at radius 2 is 2.14 bits per heavy atom. The third-order valence-corrected chi connectivity index (χ3v) is 5.27. The monoisotopic (exact) mass is 351 g/mol. The molecule has 0 saturated heterocycles. The Labute approximate surface area is 141 Å². The summed E-state index contributed by atoms with van der Waals surface area (Å²) >= 11 is 9.14. The molecule has 0 unspecified atom stereocenters. The molecule has 3 aromatic rings. The van der Waals surface area contributed by atoms with Crippen LogP contribution < -0.4 is 10.5 Å². The summed E-state index contributed by atoms with van der Waals surface area (Å²) < 4.78 is 5.38. The number of aryl methyl sites for hydroxylation is 1.